The summed E-state index contributed by atoms with van der Waals surface area (Å²) >= 11 is 5.68. The van der Waals surface area contributed by atoms with Gasteiger partial charge in [0.25, 0.3) is 0 Å². The summed E-state index contributed by atoms with van der Waals surface area (Å²) in [5.74, 6) is 0. The van der Waals surface area contributed by atoms with Crippen molar-refractivity contribution in [3.05, 3.63) is 38.4 Å². The highest BCUT2D eigenvalue weighted by Gasteiger charge is 2.19. The van der Waals surface area contributed by atoms with E-state index in [1.165, 1.54) is 6.07 Å². The summed E-state index contributed by atoms with van der Waals surface area (Å²) in [7, 11) is 0. The first-order valence-corrected chi connectivity index (χ1v) is 3.79. The predicted octanol–water partition coefficient (Wildman–Crippen LogP) is 2.43. The summed E-state index contributed by atoms with van der Waals surface area (Å²) in [5.41, 5.74) is 0.261. The van der Waals surface area contributed by atoms with Gasteiger partial charge in [-0.3, -0.25) is 10.1 Å². The molecular formula is C8H5ClN2O2. The van der Waals surface area contributed by atoms with Crippen molar-refractivity contribution >= 4 is 17.3 Å². The Morgan fingerprint density at radius 2 is 2.23 bits per heavy atom. The van der Waals surface area contributed by atoms with Crippen molar-refractivity contribution in [2.24, 2.45) is 0 Å². The molecule has 0 fully saturated rings. The van der Waals surface area contributed by atoms with Gasteiger partial charge in [-0.15, -0.1) is 0 Å². The Morgan fingerprint density at radius 1 is 1.62 bits per heavy atom. The molecule has 13 heavy (non-hydrogen) atoms. The van der Waals surface area contributed by atoms with Crippen LogP contribution in [0.15, 0.2) is 12.1 Å². The highest BCUT2D eigenvalue weighted by Crippen LogP contribution is 2.30. The first-order chi connectivity index (χ1) is 6.07. The van der Waals surface area contributed by atoms with E-state index in [0.717, 1.165) is 0 Å². The number of benzene rings is 1. The highest BCUT2D eigenvalue weighted by molar-refractivity contribution is 6.33. The van der Waals surface area contributed by atoms with Crippen LogP contribution in [0.3, 0.4) is 0 Å². The highest BCUT2D eigenvalue weighted by atomic mass is 35.5. The van der Waals surface area contributed by atoms with Gasteiger partial charge in [-0.1, -0.05) is 17.7 Å². The molecule has 0 aliphatic heterocycles. The van der Waals surface area contributed by atoms with Gasteiger partial charge in [-0.25, -0.2) is 0 Å². The molecule has 66 valence electrons. The molecule has 1 aromatic rings. The molecule has 0 amide bonds. The Kier molecular flexibility index (Phi) is 2.49. The van der Waals surface area contributed by atoms with Crippen molar-refractivity contribution in [1.82, 2.24) is 0 Å². The lowest BCUT2D eigenvalue weighted by molar-refractivity contribution is -0.385. The van der Waals surface area contributed by atoms with E-state index in [1.807, 2.05) is 0 Å². The van der Waals surface area contributed by atoms with E-state index in [2.05, 4.69) is 0 Å². The van der Waals surface area contributed by atoms with Gasteiger partial charge >= 0.3 is 5.69 Å². The van der Waals surface area contributed by atoms with E-state index in [-0.39, 0.29) is 16.3 Å². The van der Waals surface area contributed by atoms with Gasteiger partial charge in [-0.05, 0) is 18.6 Å². The third kappa shape index (κ3) is 1.60. The van der Waals surface area contributed by atoms with Crippen LogP contribution in [0.5, 0.6) is 0 Å². The number of rotatable bonds is 1. The molecule has 0 radical (unpaired) electrons. The molecule has 0 aromatic heterocycles. The molecule has 4 nitrogen and oxygen atoms in total. The average molecular weight is 197 g/mol. The zero-order valence-electron chi connectivity index (χ0n) is 6.74. The number of nitrogens with zero attached hydrogens (tertiary/aromatic N) is 2. The molecule has 0 unspecified atom stereocenters. The SMILES string of the molecule is Cc1ccc(C#N)c([N+](=O)[O-])c1Cl. The summed E-state index contributed by atoms with van der Waals surface area (Å²) in [5, 5.41) is 19.1. The van der Waals surface area contributed by atoms with Gasteiger partial charge in [-0.2, -0.15) is 5.26 Å². The summed E-state index contributed by atoms with van der Waals surface area (Å²) in [6, 6.07) is 4.68. The van der Waals surface area contributed by atoms with Crippen molar-refractivity contribution in [3.63, 3.8) is 0 Å². The van der Waals surface area contributed by atoms with Crippen LogP contribution in [0.2, 0.25) is 5.02 Å². The number of nitriles is 1. The molecule has 0 saturated carbocycles. The first-order valence-electron chi connectivity index (χ1n) is 3.41. The topological polar surface area (TPSA) is 66.9 Å². The number of nitro groups is 1. The van der Waals surface area contributed by atoms with Crippen LogP contribution in [-0.4, -0.2) is 4.92 Å². The van der Waals surface area contributed by atoms with Crippen molar-refractivity contribution in [2.75, 3.05) is 0 Å². The monoisotopic (exact) mass is 196 g/mol. The number of nitro benzene ring substituents is 1. The lowest BCUT2D eigenvalue weighted by Crippen LogP contribution is -1.94. The fourth-order valence-electron chi connectivity index (χ4n) is 0.934. The van der Waals surface area contributed by atoms with Crippen molar-refractivity contribution < 1.29 is 4.92 Å². The number of halogens is 1. The molecule has 5 heteroatoms. The van der Waals surface area contributed by atoms with E-state index in [1.54, 1.807) is 19.1 Å². The average Bonchev–Trinajstić information content (AvgIpc) is 2.08. The third-order valence-electron chi connectivity index (χ3n) is 1.61. The summed E-state index contributed by atoms with van der Waals surface area (Å²) in [6.45, 7) is 1.65. The maximum Gasteiger partial charge on any atom is 0.305 e. The molecule has 0 bridgehead atoms. The molecule has 0 N–H and O–H groups in total. The van der Waals surface area contributed by atoms with Crippen molar-refractivity contribution in [2.45, 2.75) is 6.92 Å². The summed E-state index contributed by atoms with van der Waals surface area (Å²) < 4.78 is 0. The van der Waals surface area contributed by atoms with E-state index < -0.39 is 4.92 Å². The molecular weight excluding hydrogens is 192 g/mol. The number of hydrogen-bond acceptors (Lipinski definition) is 3. The van der Waals surface area contributed by atoms with Gasteiger partial charge in [0, 0.05) is 0 Å². The second-order valence-corrected chi connectivity index (χ2v) is 2.84. The van der Waals surface area contributed by atoms with E-state index >= 15 is 0 Å². The minimum absolute atomic E-state index is 0.0133. The molecule has 1 aromatic carbocycles. The smallest absolute Gasteiger partial charge is 0.258 e. The molecule has 0 spiro atoms. The minimum Gasteiger partial charge on any atom is -0.258 e. The number of aryl methyl sites for hydroxylation is 1. The minimum atomic E-state index is -0.645. The maximum atomic E-state index is 10.5. The first kappa shape index (κ1) is 9.49. The Morgan fingerprint density at radius 3 is 2.69 bits per heavy atom. The molecule has 0 aliphatic carbocycles. The zero-order chi connectivity index (χ0) is 10.0. The van der Waals surface area contributed by atoms with Crippen LogP contribution in [-0.2, 0) is 0 Å². The number of hydrogen-bond donors (Lipinski definition) is 0. The fourth-order valence-corrected chi connectivity index (χ4v) is 1.17. The van der Waals surface area contributed by atoms with Crippen LogP contribution in [0.1, 0.15) is 11.1 Å². The zero-order valence-corrected chi connectivity index (χ0v) is 7.50. The Hall–Kier alpha value is -1.60. The summed E-state index contributed by atoms with van der Waals surface area (Å²) in [6.07, 6.45) is 0. The van der Waals surface area contributed by atoms with Crippen molar-refractivity contribution in [1.29, 1.82) is 5.26 Å². The van der Waals surface area contributed by atoms with Crippen LogP contribution in [0, 0.1) is 28.4 Å². The molecule has 0 heterocycles. The lowest BCUT2D eigenvalue weighted by atomic mass is 10.1. The standard InChI is InChI=1S/C8H5ClN2O2/c1-5-2-3-6(4-10)8(7(5)9)11(12)13/h2-3H,1H3. The van der Waals surface area contributed by atoms with Gasteiger partial charge in [0.2, 0.25) is 0 Å². The third-order valence-corrected chi connectivity index (χ3v) is 2.09. The Balaban J connectivity index is 3.53. The normalized spacial score (nSPS) is 9.31. The van der Waals surface area contributed by atoms with E-state index in [0.29, 0.717) is 5.56 Å². The second-order valence-electron chi connectivity index (χ2n) is 2.46. The van der Waals surface area contributed by atoms with Gasteiger partial charge in [0.05, 0.1) is 4.92 Å². The quantitative estimate of drug-likeness (QED) is 0.512. The van der Waals surface area contributed by atoms with Gasteiger partial charge in [0.1, 0.15) is 16.7 Å². The molecule has 0 atom stereocenters. The molecule has 0 aliphatic rings. The summed E-state index contributed by atoms with van der Waals surface area (Å²) in [4.78, 5) is 9.88. The van der Waals surface area contributed by atoms with E-state index in [4.69, 9.17) is 16.9 Å². The van der Waals surface area contributed by atoms with Gasteiger partial charge in [0.15, 0.2) is 0 Å². The van der Waals surface area contributed by atoms with Gasteiger partial charge < -0.3 is 0 Å². The van der Waals surface area contributed by atoms with Crippen LogP contribution in [0.25, 0.3) is 0 Å². The van der Waals surface area contributed by atoms with Crippen LogP contribution >= 0.6 is 11.6 Å². The molecule has 0 saturated heterocycles. The van der Waals surface area contributed by atoms with E-state index in [9.17, 15) is 10.1 Å². The van der Waals surface area contributed by atoms with Crippen molar-refractivity contribution in [3.8, 4) is 6.07 Å². The molecule has 1 rings (SSSR count). The van der Waals surface area contributed by atoms with Crippen LogP contribution < -0.4 is 0 Å². The fraction of sp³-hybridized carbons (Fsp3) is 0.125. The maximum absolute atomic E-state index is 10.5. The Bertz CT molecular complexity index is 409. The Labute approximate surface area is 79.5 Å². The second kappa shape index (κ2) is 3.42. The van der Waals surface area contributed by atoms with Crippen LogP contribution in [0.4, 0.5) is 5.69 Å². The largest absolute Gasteiger partial charge is 0.305 e. The predicted molar refractivity (Wildman–Crippen MR) is 47.6 cm³/mol. The lowest BCUT2D eigenvalue weighted by Gasteiger charge is -1.99.